The first-order chi connectivity index (χ1) is 13.8. The first kappa shape index (κ1) is 23.1. The summed E-state index contributed by atoms with van der Waals surface area (Å²) < 4.78 is 26.4. The van der Waals surface area contributed by atoms with E-state index in [1.54, 1.807) is 17.0 Å². The Hall–Kier alpha value is -2.22. The van der Waals surface area contributed by atoms with Gasteiger partial charge in [0.2, 0.25) is 11.8 Å². The minimum Gasteiger partial charge on any atom is -0.351 e. The minimum atomic E-state index is -0.709. The summed E-state index contributed by atoms with van der Waals surface area (Å²) in [6.07, 6.45) is 0.734. The zero-order valence-electron chi connectivity index (χ0n) is 15.8. The van der Waals surface area contributed by atoms with Crippen molar-refractivity contribution >= 4 is 40.7 Å². The number of nitrogens with zero attached hydrogens (tertiary/aromatic N) is 1. The Balaban J connectivity index is 1.89. The van der Waals surface area contributed by atoms with E-state index in [1.807, 2.05) is 6.92 Å². The van der Waals surface area contributed by atoms with Crippen molar-refractivity contribution < 1.29 is 18.4 Å². The van der Waals surface area contributed by atoms with E-state index >= 15 is 0 Å². The van der Waals surface area contributed by atoms with E-state index in [9.17, 15) is 18.4 Å². The molecule has 2 aromatic rings. The molecule has 9 heteroatoms. The third-order valence-electron chi connectivity index (χ3n) is 3.89. The highest BCUT2D eigenvalue weighted by molar-refractivity contribution is 6.36. The minimum absolute atomic E-state index is 0.0138. The molecule has 2 aromatic carbocycles. The zero-order valence-corrected chi connectivity index (χ0v) is 17.3. The maximum absolute atomic E-state index is 13.2. The second-order valence-corrected chi connectivity index (χ2v) is 7.28. The monoisotopic (exact) mass is 443 g/mol. The molecule has 0 bridgehead atoms. The maximum atomic E-state index is 13.2. The van der Waals surface area contributed by atoms with Crippen LogP contribution in [0, 0.1) is 11.6 Å². The van der Waals surface area contributed by atoms with Crippen molar-refractivity contribution in [1.29, 1.82) is 0 Å². The first-order valence-electron chi connectivity index (χ1n) is 8.95. The summed E-state index contributed by atoms with van der Waals surface area (Å²) in [6.45, 7) is 2.38. The van der Waals surface area contributed by atoms with Gasteiger partial charge in [-0.3, -0.25) is 14.5 Å². The van der Waals surface area contributed by atoms with E-state index < -0.39 is 11.6 Å². The average molecular weight is 444 g/mol. The number of halogens is 4. The van der Waals surface area contributed by atoms with Crippen LogP contribution in [0.15, 0.2) is 36.4 Å². The lowest BCUT2D eigenvalue weighted by Crippen LogP contribution is -2.41. The van der Waals surface area contributed by atoms with Gasteiger partial charge in [0, 0.05) is 17.6 Å². The molecule has 0 fully saturated rings. The summed E-state index contributed by atoms with van der Waals surface area (Å²) >= 11 is 11.9. The average Bonchev–Trinajstić information content (AvgIpc) is 2.62. The molecule has 29 heavy (non-hydrogen) atoms. The zero-order chi connectivity index (χ0) is 21.4. The molecule has 2 amide bonds. The predicted molar refractivity (Wildman–Crippen MR) is 110 cm³/mol. The molecule has 0 atom stereocenters. The molecule has 2 N–H and O–H groups in total. The third-order valence-corrected chi connectivity index (χ3v) is 4.44. The standard InChI is InChI=1S/C20H21Cl2F2N3O2/c1-2-5-27(12-20(29)26-18-4-3-14(21)8-17(18)22)11-19(28)25-10-13-6-15(23)9-16(24)7-13/h3-4,6-9H,2,5,10-12H2,1H3,(H,25,28)(H,26,29). The van der Waals surface area contributed by atoms with Crippen molar-refractivity contribution in [3.05, 3.63) is 63.6 Å². The van der Waals surface area contributed by atoms with Crippen LogP contribution >= 0.6 is 23.2 Å². The Bertz CT molecular complexity index is 861. The fourth-order valence-electron chi connectivity index (χ4n) is 2.69. The van der Waals surface area contributed by atoms with Crippen LogP contribution in [-0.4, -0.2) is 36.3 Å². The number of amides is 2. The summed E-state index contributed by atoms with van der Waals surface area (Å²) in [6, 6.07) is 7.78. The Morgan fingerprint density at radius 3 is 2.28 bits per heavy atom. The second kappa shape index (κ2) is 11.1. The van der Waals surface area contributed by atoms with Crippen molar-refractivity contribution in [2.45, 2.75) is 19.9 Å². The van der Waals surface area contributed by atoms with Gasteiger partial charge in [0.05, 0.1) is 23.8 Å². The second-order valence-electron chi connectivity index (χ2n) is 6.44. The van der Waals surface area contributed by atoms with E-state index in [4.69, 9.17) is 23.2 Å². The molecule has 0 radical (unpaired) electrons. The molecule has 0 aromatic heterocycles. The highest BCUT2D eigenvalue weighted by Crippen LogP contribution is 2.25. The van der Waals surface area contributed by atoms with Gasteiger partial charge in [-0.2, -0.15) is 0 Å². The van der Waals surface area contributed by atoms with Gasteiger partial charge in [0.15, 0.2) is 0 Å². The van der Waals surface area contributed by atoms with Crippen LogP contribution in [0.4, 0.5) is 14.5 Å². The summed E-state index contributed by atoms with van der Waals surface area (Å²) in [5.41, 5.74) is 0.739. The quantitative estimate of drug-likeness (QED) is 0.609. The van der Waals surface area contributed by atoms with E-state index in [0.717, 1.165) is 24.6 Å². The third kappa shape index (κ3) is 7.97. The van der Waals surface area contributed by atoms with Crippen LogP contribution in [0.2, 0.25) is 10.0 Å². The van der Waals surface area contributed by atoms with Crippen molar-refractivity contribution in [1.82, 2.24) is 10.2 Å². The molecule has 0 spiro atoms. The van der Waals surface area contributed by atoms with Crippen molar-refractivity contribution in [2.75, 3.05) is 25.0 Å². The largest absolute Gasteiger partial charge is 0.351 e. The number of hydrogen-bond acceptors (Lipinski definition) is 3. The van der Waals surface area contributed by atoms with Crippen LogP contribution in [0.5, 0.6) is 0 Å². The van der Waals surface area contributed by atoms with Crippen LogP contribution in [0.3, 0.4) is 0 Å². The van der Waals surface area contributed by atoms with Crippen LogP contribution in [-0.2, 0) is 16.1 Å². The topological polar surface area (TPSA) is 61.4 Å². The fourth-order valence-corrected chi connectivity index (χ4v) is 3.14. The predicted octanol–water partition coefficient (Wildman–Crippen LogP) is 4.24. The maximum Gasteiger partial charge on any atom is 0.238 e. The summed E-state index contributed by atoms with van der Waals surface area (Å²) in [5.74, 6) is -2.11. The van der Waals surface area contributed by atoms with Gasteiger partial charge in [-0.15, -0.1) is 0 Å². The Morgan fingerprint density at radius 2 is 1.66 bits per heavy atom. The Morgan fingerprint density at radius 1 is 1.00 bits per heavy atom. The van der Waals surface area contributed by atoms with Crippen LogP contribution < -0.4 is 10.6 Å². The van der Waals surface area contributed by atoms with Gasteiger partial charge < -0.3 is 10.6 Å². The first-order valence-corrected chi connectivity index (χ1v) is 9.71. The molecule has 0 aliphatic rings. The number of carbonyl (C=O) groups is 2. The smallest absolute Gasteiger partial charge is 0.238 e. The van der Waals surface area contributed by atoms with Gasteiger partial charge in [-0.05, 0) is 48.9 Å². The molecule has 0 unspecified atom stereocenters. The Labute approximate surface area is 178 Å². The lowest BCUT2D eigenvalue weighted by Gasteiger charge is -2.21. The molecule has 5 nitrogen and oxygen atoms in total. The molecule has 0 aliphatic heterocycles. The SMILES string of the molecule is CCCN(CC(=O)NCc1cc(F)cc(F)c1)CC(=O)Nc1ccc(Cl)cc1Cl. The van der Waals surface area contributed by atoms with E-state index in [0.29, 0.717) is 27.8 Å². The number of nitrogens with one attached hydrogen (secondary N) is 2. The van der Waals surface area contributed by atoms with Gasteiger partial charge in [0.25, 0.3) is 0 Å². The van der Waals surface area contributed by atoms with E-state index in [1.165, 1.54) is 6.07 Å². The summed E-state index contributed by atoms with van der Waals surface area (Å²) in [4.78, 5) is 26.2. The van der Waals surface area contributed by atoms with Crippen molar-refractivity contribution in [3.63, 3.8) is 0 Å². The van der Waals surface area contributed by atoms with Gasteiger partial charge >= 0.3 is 0 Å². The molecular formula is C20H21Cl2F2N3O2. The lowest BCUT2D eigenvalue weighted by atomic mass is 10.2. The van der Waals surface area contributed by atoms with Gasteiger partial charge in [-0.25, -0.2) is 8.78 Å². The van der Waals surface area contributed by atoms with Gasteiger partial charge in [0.1, 0.15) is 11.6 Å². The lowest BCUT2D eigenvalue weighted by molar-refractivity contribution is -0.123. The van der Waals surface area contributed by atoms with E-state index in [-0.39, 0.29) is 31.4 Å². The number of benzene rings is 2. The van der Waals surface area contributed by atoms with Crippen molar-refractivity contribution in [3.8, 4) is 0 Å². The van der Waals surface area contributed by atoms with Crippen LogP contribution in [0.1, 0.15) is 18.9 Å². The molecule has 0 heterocycles. The summed E-state index contributed by atoms with van der Waals surface area (Å²) in [7, 11) is 0. The molecule has 0 saturated heterocycles. The Kier molecular flexibility index (Phi) is 8.82. The number of carbonyl (C=O) groups excluding carboxylic acids is 2. The highest BCUT2D eigenvalue weighted by atomic mass is 35.5. The number of hydrogen-bond donors (Lipinski definition) is 2. The summed E-state index contributed by atoms with van der Waals surface area (Å²) in [5, 5.41) is 6.05. The normalized spacial score (nSPS) is 10.8. The highest BCUT2D eigenvalue weighted by Gasteiger charge is 2.15. The molecule has 0 aliphatic carbocycles. The molecular weight excluding hydrogens is 423 g/mol. The van der Waals surface area contributed by atoms with Crippen LogP contribution in [0.25, 0.3) is 0 Å². The molecule has 2 rings (SSSR count). The van der Waals surface area contributed by atoms with Gasteiger partial charge in [-0.1, -0.05) is 30.1 Å². The number of rotatable bonds is 9. The fraction of sp³-hybridized carbons (Fsp3) is 0.300. The molecule has 156 valence electrons. The van der Waals surface area contributed by atoms with Crippen molar-refractivity contribution in [2.24, 2.45) is 0 Å². The molecule has 0 saturated carbocycles. The van der Waals surface area contributed by atoms with E-state index in [2.05, 4.69) is 10.6 Å². The number of anilines is 1.